The predicted octanol–water partition coefficient (Wildman–Crippen LogP) is 4.66. The third-order valence-corrected chi connectivity index (χ3v) is 5.26. The van der Waals surface area contributed by atoms with Crippen LogP contribution in [-0.2, 0) is 6.54 Å². The standard InChI is InChI=1S/C23H24FN5/c1-16-12-21(28-11-5-10-26-28)9-8-19(16)14-25-17(2)23-15-27-29(18(23)3)22-7-4-6-20(24)13-22/h4-13,15,17,25H,14H2,1-3H3/t17-/m0/s1. The largest absolute Gasteiger partial charge is 0.306 e. The van der Waals surface area contributed by atoms with E-state index in [0.29, 0.717) is 0 Å². The molecule has 0 aliphatic rings. The highest BCUT2D eigenvalue weighted by molar-refractivity contribution is 5.40. The van der Waals surface area contributed by atoms with E-state index >= 15 is 0 Å². The summed E-state index contributed by atoms with van der Waals surface area (Å²) in [5, 5.41) is 12.3. The van der Waals surface area contributed by atoms with Gasteiger partial charge in [-0.25, -0.2) is 13.8 Å². The van der Waals surface area contributed by atoms with Crippen LogP contribution in [0.15, 0.2) is 67.1 Å². The van der Waals surface area contributed by atoms with Gasteiger partial charge in [-0.3, -0.25) is 0 Å². The van der Waals surface area contributed by atoms with Crippen molar-refractivity contribution < 1.29 is 4.39 Å². The van der Waals surface area contributed by atoms with Crippen LogP contribution in [-0.4, -0.2) is 19.6 Å². The van der Waals surface area contributed by atoms with E-state index in [2.05, 4.69) is 47.6 Å². The lowest BCUT2D eigenvalue weighted by molar-refractivity contribution is 0.570. The van der Waals surface area contributed by atoms with Crippen molar-refractivity contribution in [1.29, 1.82) is 0 Å². The maximum absolute atomic E-state index is 13.6. The summed E-state index contributed by atoms with van der Waals surface area (Å²) in [4.78, 5) is 0. The van der Waals surface area contributed by atoms with E-state index in [1.807, 2.05) is 36.1 Å². The second kappa shape index (κ2) is 8.01. The molecule has 4 aromatic rings. The molecule has 1 atom stereocenters. The predicted molar refractivity (Wildman–Crippen MR) is 112 cm³/mol. The molecule has 29 heavy (non-hydrogen) atoms. The number of rotatable bonds is 6. The minimum atomic E-state index is -0.265. The van der Waals surface area contributed by atoms with Crippen molar-refractivity contribution in [2.75, 3.05) is 0 Å². The van der Waals surface area contributed by atoms with Gasteiger partial charge in [-0.05, 0) is 68.3 Å². The second-order valence-electron chi connectivity index (χ2n) is 7.24. The zero-order valence-corrected chi connectivity index (χ0v) is 16.8. The van der Waals surface area contributed by atoms with Crippen molar-refractivity contribution in [2.24, 2.45) is 0 Å². The van der Waals surface area contributed by atoms with Gasteiger partial charge in [0, 0.05) is 36.2 Å². The van der Waals surface area contributed by atoms with E-state index in [4.69, 9.17) is 0 Å². The Morgan fingerprint density at radius 3 is 2.62 bits per heavy atom. The van der Waals surface area contributed by atoms with Crippen LogP contribution in [0.1, 0.15) is 35.3 Å². The fourth-order valence-corrected chi connectivity index (χ4v) is 3.53. The summed E-state index contributed by atoms with van der Waals surface area (Å²) in [6, 6.07) is 14.9. The molecule has 0 unspecified atom stereocenters. The Kier molecular flexibility index (Phi) is 5.27. The molecule has 148 valence electrons. The maximum Gasteiger partial charge on any atom is 0.125 e. The van der Waals surface area contributed by atoms with E-state index in [-0.39, 0.29) is 11.9 Å². The van der Waals surface area contributed by atoms with Crippen molar-refractivity contribution in [3.05, 3.63) is 95.3 Å². The minimum absolute atomic E-state index is 0.113. The fraction of sp³-hybridized carbons (Fsp3) is 0.217. The topological polar surface area (TPSA) is 47.7 Å². The molecule has 5 nitrogen and oxygen atoms in total. The van der Waals surface area contributed by atoms with Crippen LogP contribution >= 0.6 is 0 Å². The molecule has 0 amide bonds. The van der Waals surface area contributed by atoms with Crippen LogP contribution in [0.5, 0.6) is 0 Å². The average molecular weight is 389 g/mol. The first-order valence-corrected chi connectivity index (χ1v) is 9.66. The number of benzene rings is 2. The summed E-state index contributed by atoms with van der Waals surface area (Å²) in [7, 11) is 0. The van der Waals surface area contributed by atoms with Crippen LogP contribution in [0.2, 0.25) is 0 Å². The number of hydrogen-bond donors (Lipinski definition) is 1. The highest BCUT2D eigenvalue weighted by Crippen LogP contribution is 2.22. The molecule has 0 spiro atoms. The first-order chi connectivity index (χ1) is 14.0. The molecule has 0 bridgehead atoms. The summed E-state index contributed by atoms with van der Waals surface area (Å²) >= 11 is 0. The molecule has 0 radical (unpaired) electrons. The molecule has 0 aliphatic heterocycles. The van der Waals surface area contributed by atoms with Crippen molar-refractivity contribution in [3.8, 4) is 11.4 Å². The van der Waals surface area contributed by atoms with Crippen LogP contribution in [0.4, 0.5) is 4.39 Å². The molecule has 0 fully saturated rings. The number of halogens is 1. The van der Waals surface area contributed by atoms with Crippen LogP contribution in [0, 0.1) is 19.7 Å². The van der Waals surface area contributed by atoms with E-state index < -0.39 is 0 Å². The molecular weight excluding hydrogens is 365 g/mol. The zero-order chi connectivity index (χ0) is 20.4. The summed E-state index contributed by atoms with van der Waals surface area (Å²) in [6.07, 6.45) is 5.57. The lowest BCUT2D eigenvalue weighted by Crippen LogP contribution is -2.19. The van der Waals surface area contributed by atoms with Gasteiger partial charge in [0.25, 0.3) is 0 Å². The van der Waals surface area contributed by atoms with Crippen LogP contribution in [0.3, 0.4) is 0 Å². The van der Waals surface area contributed by atoms with Crippen molar-refractivity contribution in [1.82, 2.24) is 24.9 Å². The summed E-state index contributed by atoms with van der Waals surface area (Å²) < 4.78 is 17.2. The van der Waals surface area contributed by atoms with Gasteiger partial charge in [-0.1, -0.05) is 12.1 Å². The van der Waals surface area contributed by atoms with Crippen LogP contribution < -0.4 is 5.32 Å². The number of nitrogens with zero attached hydrogens (tertiary/aromatic N) is 4. The Balaban J connectivity index is 1.47. The third kappa shape index (κ3) is 3.98. The number of aromatic nitrogens is 4. The summed E-state index contributed by atoms with van der Waals surface area (Å²) in [5.41, 5.74) is 6.33. The molecule has 1 N–H and O–H groups in total. The monoisotopic (exact) mass is 389 g/mol. The average Bonchev–Trinajstić information content (AvgIpc) is 3.37. The maximum atomic E-state index is 13.6. The van der Waals surface area contributed by atoms with Gasteiger partial charge in [-0.2, -0.15) is 10.2 Å². The minimum Gasteiger partial charge on any atom is -0.306 e. The quantitative estimate of drug-likeness (QED) is 0.522. The van der Waals surface area contributed by atoms with Gasteiger partial charge < -0.3 is 5.32 Å². The Bertz CT molecular complexity index is 1110. The summed E-state index contributed by atoms with van der Waals surface area (Å²) in [6.45, 7) is 6.99. The Morgan fingerprint density at radius 2 is 1.90 bits per heavy atom. The van der Waals surface area contributed by atoms with Crippen molar-refractivity contribution in [2.45, 2.75) is 33.4 Å². The number of nitrogens with one attached hydrogen (secondary N) is 1. The highest BCUT2D eigenvalue weighted by atomic mass is 19.1. The smallest absolute Gasteiger partial charge is 0.125 e. The molecule has 6 heteroatoms. The molecule has 2 aromatic heterocycles. The first-order valence-electron chi connectivity index (χ1n) is 9.66. The van der Waals surface area contributed by atoms with E-state index in [9.17, 15) is 4.39 Å². The van der Waals surface area contributed by atoms with Crippen molar-refractivity contribution >= 4 is 0 Å². The van der Waals surface area contributed by atoms with E-state index in [1.165, 1.54) is 23.3 Å². The first kappa shape index (κ1) is 19.1. The molecule has 0 aliphatic carbocycles. The number of hydrogen-bond acceptors (Lipinski definition) is 3. The SMILES string of the molecule is Cc1cc(-n2cccn2)ccc1CN[C@@H](C)c1cnn(-c2cccc(F)c2)c1C. The number of aryl methyl sites for hydroxylation is 1. The van der Waals surface area contributed by atoms with Gasteiger partial charge >= 0.3 is 0 Å². The molecule has 4 rings (SSSR count). The van der Waals surface area contributed by atoms with Crippen LogP contribution in [0.25, 0.3) is 11.4 Å². The van der Waals surface area contributed by atoms with E-state index in [0.717, 1.165) is 29.2 Å². The van der Waals surface area contributed by atoms with Gasteiger partial charge in [0.1, 0.15) is 5.82 Å². The Morgan fingerprint density at radius 1 is 1.03 bits per heavy atom. The molecule has 2 aromatic carbocycles. The lowest BCUT2D eigenvalue weighted by atomic mass is 10.1. The van der Waals surface area contributed by atoms with Gasteiger partial charge in [-0.15, -0.1) is 0 Å². The Hall–Kier alpha value is -3.25. The summed E-state index contributed by atoms with van der Waals surface area (Å²) in [5.74, 6) is -0.265. The third-order valence-electron chi connectivity index (χ3n) is 5.26. The normalized spacial score (nSPS) is 12.3. The van der Waals surface area contributed by atoms with Gasteiger partial charge in [0.05, 0.1) is 17.6 Å². The van der Waals surface area contributed by atoms with Gasteiger partial charge in [0.2, 0.25) is 0 Å². The molecule has 0 saturated heterocycles. The molecular formula is C23H24FN5. The fourth-order valence-electron chi connectivity index (χ4n) is 3.53. The second-order valence-corrected chi connectivity index (χ2v) is 7.24. The molecule has 2 heterocycles. The lowest BCUT2D eigenvalue weighted by Gasteiger charge is -2.16. The zero-order valence-electron chi connectivity index (χ0n) is 16.8. The van der Waals surface area contributed by atoms with Gasteiger partial charge in [0.15, 0.2) is 0 Å². The Labute approximate surface area is 169 Å². The molecule has 0 saturated carbocycles. The van der Waals surface area contributed by atoms with Crippen molar-refractivity contribution in [3.63, 3.8) is 0 Å². The van der Waals surface area contributed by atoms with E-state index in [1.54, 1.807) is 16.9 Å². The highest BCUT2D eigenvalue weighted by Gasteiger charge is 2.15.